The van der Waals surface area contributed by atoms with Gasteiger partial charge in [-0.15, -0.1) is 0 Å². The maximum atomic E-state index is 14.7. The molecule has 42 heavy (non-hydrogen) atoms. The first-order valence-corrected chi connectivity index (χ1v) is 15.0. The topological polar surface area (TPSA) is 90.3 Å². The van der Waals surface area contributed by atoms with Gasteiger partial charge in [-0.3, -0.25) is 0 Å². The van der Waals surface area contributed by atoms with Gasteiger partial charge in [0.2, 0.25) is 0 Å². The first-order valence-electron chi connectivity index (χ1n) is 13.3. The number of pyridine rings is 1. The molecule has 1 saturated heterocycles. The molecular formula is C29H33F4N5O3Se. The Hall–Kier alpha value is -3.43. The standard InChI is InChI=1S/C29H33F4N5O3Se/c1-18(39)16-35-27(40)19-8-9-24(26(15-19)41-3)34-11-4-6-20-14-25-23(36-22-10-13-37(2)17-21(22)30)7-5-12-38(25)28(20)42-29(31,32)33/h5,7-9,12,14-15,18,21-22,34,36,39H,10-11,13,16-17H2,1-3H3,(H,35,40)/t18-,21+,22-/m1/s1. The van der Waals surface area contributed by atoms with Crippen LogP contribution in [0.1, 0.15) is 29.3 Å². The molecule has 4 N–H and O–H groups in total. The summed E-state index contributed by atoms with van der Waals surface area (Å²) in [5.74, 6) is 5.79. The van der Waals surface area contributed by atoms with Crippen molar-refractivity contribution in [1.82, 2.24) is 14.6 Å². The summed E-state index contributed by atoms with van der Waals surface area (Å²) in [5.41, 5.74) is 2.20. The molecule has 0 aliphatic carbocycles. The number of hydrogen-bond donors (Lipinski definition) is 4. The van der Waals surface area contributed by atoms with Crippen LogP contribution in [-0.4, -0.2) is 99.0 Å². The van der Waals surface area contributed by atoms with Crippen molar-refractivity contribution in [3.05, 3.63) is 53.7 Å². The Morgan fingerprint density at radius 2 is 2.05 bits per heavy atom. The Kier molecular flexibility index (Phi) is 10.3. The van der Waals surface area contributed by atoms with Gasteiger partial charge in [-0.25, -0.2) is 0 Å². The van der Waals surface area contributed by atoms with Gasteiger partial charge in [0, 0.05) is 6.54 Å². The van der Waals surface area contributed by atoms with E-state index in [1.165, 1.54) is 11.5 Å². The molecule has 0 unspecified atom stereocenters. The van der Waals surface area contributed by atoms with E-state index in [-0.39, 0.29) is 35.7 Å². The van der Waals surface area contributed by atoms with Crippen LogP contribution >= 0.6 is 0 Å². The number of aliphatic hydroxyl groups excluding tert-OH is 1. The summed E-state index contributed by atoms with van der Waals surface area (Å²) in [7, 11) is 3.30. The zero-order valence-corrected chi connectivity index (χ0v) is 25.1. The number of halogens is 4. The zero-order chi connectivity index (χ0) is 30.4. The van der Waals surface area contributed by atoms with E-state index >= 15 is 0 Å². The fourth-order valence-electron chi connectivity index (χ4n) is 4.62. The Morgan fingerprint density at radius 1 is 1.26 bits per heavy atom. The third kappa shape index (κ3) is 8.10. The fraction of sp³-hybridized carbons (Fsp3) is 0.414. The molecule has 0 radical (unpaired) electrons. The van der Waals surface area contributed by atoms with Gasteiger partial charge in [0.05, 0.1) is 6.10 Å². The van der Waals surface area contributed by atoms with Gasteiger partial charge in [-0.2, -0.15) is 0 Å². The minimum absolute atomic E-state index is 0.0615. The Balaban J connectivity index is 1.54. The first-order chi connectivity index (χ1) is 19.9. The van der Waals surface area contributed by atoms with Crippen LogP contribution in [-0.2, 0) is 0 Å². The number of piperidine rings is 1. The van der Waals surface area contributed by atoms with Gasteiger partial charge >= 0.3 is 224 Å². The molecule has 1 aliphatic heterocycles. The van der Waals surface area contributed by atoms with Gasteiger partial charge in [0.1, 0.15) is 0 Å². The minimum atomic E-state index is -4.39. The van der Waals surface area contributed by atoms with Gasteiger partial charge in [0.25, 0.3) is 0 Å². The summed E-state index contributed by atoms with van der Waals surface area (Å²) in [6.07, 6.45) is 0.357. The number of rotatable bonds is 9. The number of hydrogen-bond acceptors (Lipinski definition) is 6. The van der Waals surface area contributed by atoms with E-state index in [0.717, 1.165) is 6.54 Å². The van der Waals surface area contributed by atoms with Gasteiger partial charge in [0.15, 0.2) is 0 Å². The number of aromatic nitrogens is 1. The van der Waals surface area contributed by atoms with Crippen LogP contribution in [0.3, 0.4) is 0 Å². The molecular weight excluding hydrogens is 621 g/mol. The number of amides is 1. The molecule has 0 bridgehead atoms. The third-order valence-electron chi connectivity index (χ3n) is 6.67. The van der Waals surface area contributed by atoms with E-state index in [1.54, 1.807) is 49.5 Å². The van der Waals surface area contributed by atoms with Crippen LogP contribution in [0, 0.1) is 11.8 Å². The monoisotopic (exact) mass is 655 g/mol. The molecule has 1 fully saturated rings. The van der Waals surface area contributed by atoms with Crippen molar-refractivity contribution < 1.29 is 32.2 Å². The van der Waals surface area contributed by atoms with Crippen LogP contribution in [0.25, 0.3) is 5.52 Å². The van der Waals surface area contributed by atoms with Crippen molar-refractivity contribution in [2.24, 2.45) is 0 Å². The van der Waals surface area contributed by atoms with E-state index < -0.39 is 38.3 Å². The zero-order valence-electron chi connectivity index (χ0n) is 23.4. The fourth-order valence-corrected chi connectivity index (χ4v) is 6.08. The van der Waals surface area contributed by atoms with Crippen molar-refractivity contribution in [3.8, 4) is 17.6 Å². The summed E-state index contributed by atoms with van der Waals surface area (Å²) in [6, 6.07) is 9.32. The van der Waals surface area contributed by atoms with Gasteiger partial charge in [-0.05, 0) is 6.92 Å². The van der Waals surface area contributed by atoms with Gasteiger partial charge < -0.3 is 5.11 Å². The van der Waals surface area contributed by atoms with E-state index in [2.05, 4.69) is 27.8 Å². The van der Waals surface area contributed by atoms with Crippen LogP contribution < -0.4 is 25.3 Å². The predicted molar refractivity (Wildman–Crippen MR) is 156 cm³/mol. The Morgan fingerprint density at radius 3 is 2.74 bits per heavy atom. The van der Waals surface area contributed by atoms with Crippen molar-refractivity contribution in [2.75, 3.05) is 51.0 Å². The maximum absolute atomic E-state index is 14.7. The molecule has 8 nitrogen and oxygen atoms in total. The molecule has 1 aliphatic rings. The molecule has 226 valence electrons. The molecule has 3 atom stereocenters. The van der Waals surface area contributed by atoms with E-state index in [0.29, 0.717) is 34.6 Å². The van der Waals surface area contributed by atoms with E-state index in [9.17, 15) is 27.5 Å². The summed E-state index contributed by atoms with van der Waals surface area (Å²) in [5, 5.41) is 13.9. The molecule has 3 aromatic rings. The molecule has 1 amide bonds. The quantitative estimate of drug-likeness (QED) is 0.161. The number of alkyl halides is 4. The summed E-state index contributed by atoms with van der Waals surface area (Å²) < 4.78 is 62.4. The number of methoxy groups -OCH3 is 1. The normalized spacial score (nSPS) is 18.2. The summed E-state index contributed by atoms with van der Waals surface area (Å²) in [4.78, 5) is 14.2. The van der Waals surface area contributed by atoms with E-state index in [1.807, 2.05) is 11.9 Å². The molecule has 4 rings (SSSR count). The number of carbonyl (C=O) groups excluding carboxylic acids is 1. The van der Waals surface area contributed by atoms with Crippen molar-refractivity contribution in [1.29, 1.82) is 0 Å². The van der Waals surface area contributed by atoms with Crippen molar-refractivity contribution in [3.63, 3.8) is 0 Å². The molecule has 2 aromatic heterocycles. The molecule has 13 heteroatoms. The van der Waals surface area contributed by atoms with Gasteiger partial charge in [-0.1, -0.05) is 0 Å². The second-order valence-electron chi connectivity index (χ2n) is 10.0. The third-order valence-corrected chi connectivity index (χ3v) is 8.44. The number of carbonyl (C=O) groups is 1. The number of anilines is 2. The Labute approximate surface area is 247 Å². The van der Waals surface area contributed by atoms with Crippen LogP contribution in [0.5, 0.6) is 5.75 Å². The molecule has 1 aromatic carbocycles. The van der Waals surface area contributed by atoms with Crippen LogP contribution in [0.2, 0.25) is 0 Å². The number of fused-ring (bicyclic) bond motifs is 1. The second-order valence-corrected chi connectivity index (χ2v) is 12.2. The molecule has 3 heterocycles. The molecule has 0 spiro atoms. The average Bonchev–Trinajstić information content (AvgIpc) is 3.27. The second kappa shape index (κ2) is 13.7. The van der Waals surface area contributed by atoms with Crippen LogP contribution in [0.4, 0.5) is 28.9 Å². The van der Waals surface area contributed by atoms with E-state index in [4.69, 9.17) is 4.74 Å². The number of ether oxygens (including phenoxy) is 1. The van der Waals surface area contributed by atoms with Crippen molar-refractivity contribution >= 4 is 42.3 Å². The SMILES string of the molecule is COc1cc(C(=O)NC[C@@H](C)O)ccc1NCC#Cc1cc2c(N[C@@H]3CCN(C)C[C@@H]3F)cccn2c1[Se]C(F)(F)F. The predicted octanol–water partition coefficient (Wildman–Crippen LogP) is 2.83. The number of nitrogens with one attached hydrogen (secondary N) is 3. The Bertz CT molecular complexity index is 1470. The summed E-state index contributed by atoms with van der Waals surface area (Å²) >= 11 is -1.86. The number of nitrogens with zero attached hydrogens (tertiary/aromatic N) is 2. The average molecular weight is 655 g/mol. The number of benzene rings is 1. The molecule has 0 saturated carbocycles. The first kappa shape index (κ1) is 31.5. The van der Waals surface area contributed by atoms with Crippen LogP contribution in [0.15, 0.2) is 42.6 Å². The van der Waals surface area contributed by atoms with Crippen molar-refractivity contribution in [2.45, 2.75) is 36.7 Å². The number of aliphatic hydroxyl groups is 1. The number of likely N-dealkylation sites (tertiary alicyclic amines) is 1. The summed E-state index contributed by atoms with van der Waals surface area (Å²) in [6.45, 7) is 2.77.